The zero-order valence-corrected chi connectivity index (χ0v) is 14.9. The molecule has 0 spiro atoms. The van der Waals surface area contributed by atoms with Gasteiger partial charge in [0.1, 0.15) is 0 Å². The van der Waals surface area contributed by atoms with Gasteiger partial charge in [-0.2, -0.15) is 5.10 Å². The van der Waals surface area contributed by atoms with Gasteiger partial charge >= 0.3 is 0 Å². The fourth-order valence-corrected chi connectivity index (χ4v) is 1.92. The summed E-state index contributed by atoms with van der Waals surface area (Å²) in [4.78, 5) is 4.53. The number of H-pyrrole nitrogens is 1. The predicted octanol–water partition coefficient (Wildman–Crippen LogP) is 2.94. The van der Waals surface area contributed by atoms with Gasteiger partial charge in [-0.05, 0) is 30.7 Å². The van der Waals surface area contributed by atoms with Gasteiger partial charge in [0.2, 0.25) is 0 Å². The number of nitrogens with one attached hydrogen (secondary N) is 3. The van der Waals surface area contributed by atoms with Crippen molar-refractivity contribution >= 4 is 41.5 Å². The molecule has 0 unspecified atom stereocenters. The van der Waals surface area contributed by atoms with Crippen molar-refractivity contribution in [3.05, 3.63) is 52.8 Å². The van der Waals surface area contributed by atoms with Crippen LogP contribution < -0.4 is 10.6 Å². The van der Waals surface area contributed by atoms with Gasteiger partial charge in [-0.15, -0.1) is 24.0 Å². The minimum Gasteiger partial charge on any atom is -0.357 e. The van der Waals surface area contributed by atoms with E-state index in [-0.39, 0.29) is 24.0 Å². The summed E-state index contributed by atoms with van der Waals surface area (Å²) in [5.74, 6) is 0.766. The smallest absolute Gasteiger partial charge is 0.191 e. The summed E-state index contributed by atoms with van der Waals surface area (Å²) < 4.78 is 0. The van der Waals surface area contributed by atoms with E-state index in [9.17, 15) is 0 Å². The Balaban J connectivity index is 0.00000220. The summed E-state index contributed by atoms with van der Waals surface area (Å²) in [7, 11) is 0. The molecule has 1 heterocycles. The lowest BCUT2D eigenvalue weighted by atomic mass is 10.2. The molecule has 7 heteroatoms. The molecule has 0 aliphatic heterocycles. The van der Waals surface area contributed by atoms with Gasteiger partial charge in [-0.1, -0.05) is 23.7 Å². The number of aromatic amines is 1. The number of guanidine groups is 1. The van der Waals surface area contributed by atoms with Crippen molar-refractivity contribution in [2.45, 2.75) is 20.0 Å². The molecule has 0 saturated heterocycles. The van der Waals surface area contributed by atoms with Crippen molar-refractivity contribution in [3.63, 3.8) is 0 Å². The molecule has 0 fully saturated rings. The van der Waals surface area contributed by atoms with E-state index in [1.165, 1.54) is 0 Å². The van der Waals surface area contributed by atoms with Crippen molar-refractivity contribution in [1.29, 1.82) is 0 Å². The largest absolute Gasteiger partial charge is 0.357 e. The maximum absolute atomic E-state index is 5.96. The minimum atomic E-state index is 0. The van der Waals surface area contributed by atoms with Crippen LogP contribution in [0.2, 0.25) is 5.02 Å². The summed E-state index contributed by atoms with van der Waals surface area (Å²) in [5, 5.41) is 14.0. The number of nitrogens with zero attached hydrogens (tertiary/aromatic N) is 2. The Morgan fingerprint density at radius 3 is 2.86 bits per heavy atom. The van der Waals surface area contributed by atoms with E-state index in [0.29, 0.717) is 13.1 Å². The predicted molar refractivity (Wildman–Crippen MR) is 97.1 cm³/mol. The Hall–Kier alpha value is -1.28. The van der Waals surface area contributed by atoms with Crippen LogP contribution in [0.25, 0.3) is 0 Å². The average Bonchev–Trinajstić information content (AvgIpc) is 2.95. The van der Waals surface area contributed by atoms with E-state index >= 15 is 0 Å². The van der Waals surface area contributed by atoms with Gasteiger partial charge in [0.25, 0.3) is 0 Å². The summed E-state index contributed by atoms with van der Waals surface area (Å²) in [6.45, 7) is 4.08. The second kappa shape index (κ2) is 9.62. The van der Waals surface area contributed by atoms with Gasteiger partial charge in [-0.3, -0.25) is 5.10 Å². The van der Waals surface area contributed by atoms with Crippen molar-refractivity contribution in [1.82, 2.24) is 20.8 Å². The monoisotopic (exact) mass is 419 g/mol. The van der Waals surface area contributed by atoms with Gasteiger partial charge in [0.05, 0.1) is 18.8 Å². The Bertz CT molecular complexity index is 556. The normalized spacial score (nSPS) is 10.9. The molecule has 3 N–H and O–H groups in total. The number of aliphatic imine (C=N–C) groups is 1. The maximum Gasteiger partial charge on any atom is 0.191 e. The molecule has 0 amide bonds. The van der Waals surface area contributed by atoms with E-state index < -0.39 is 0 Å². The molecule has 2 rings (SSSR count). The molecule has 2 aromatic rings. The van der Waals surface area contributed by atoms with Crippen LogP contribution in [0.4, 0.5) is 0 Å². The molecule has 0 aliphatic rings. The highest BCUT2D eigenvalue weighted by molar-refractivity contribution is 14.0. The van der Waals surface area contributed by atoms with E-state index in [1.807, 2.05) is 37.3 Å². The molecule has 5 nitrogen and oxygen atoms in total. The molecule has 0 atom stereocenters. The Morgan fingerprint density at radius 2 is 2.19 bits per heavy atom. The molecular weight excluding hydrogens is 401 g/mol. The summed E-state index contributed by atoms with van der Waals surface area (Å²) in [6, 6.07) is 9.64. The SMILES string of the molecule is CCNC(=NCc1cccc(Cl)c1)NCc1ccn[nH]1.I. The van der Waals surface area contributed by atoms with Crippen LogP contribution in [0, 0.1) is 0 Å². The highest BCUT2D eigenvalue weighted by Crippen LogP contribution is 2.11. The van der Waals surface area contributed by atoms with Crippen molar-refractivity contribution in [3.8, 4) is 0 Å². The highest BCUT2D eigenvalue weighted by Gasteiger charge is 1.99. The Kier molecular flexibility index (Phi) is 8.14. The van der Waals surface area contributed by atoms with E-state index in [0.717, 1.165) is 28.8 Å². The second-order valence-electron chi connectivity index (χ2n) is 4.26. The summed E-state index contributed by atoms with van der Waals surface area (Å²) in [5.41, 5.74) is 2.09. The molecule has 1 aromatic heterocycles. The molecule has 0 bridgehead atoms. The minimum absolute atomic E-state index is 0. The molecule has 21 heavy (non-hydrogen) atoms. The number of aromatic nitrogens is 2. The maximum atomic E-state index is 5.96. The van der Waals surface area contributed by atoms with Gasteiger partial charge in [0.15, 0.2) is 5.96 Å². The fraction of sp³-hybridized carbons (Fsp3) is 0.286. The standard InChI is InChI=1S/C14H18ClN5.HI/c1-2-16-14(18-10-13-6-7-19-20-13)17-9-11-4-3-5-12(15)8-11;/h3-8H,2,9-10H2,1H3,(H,19,20)(H2,16,17,18);1H. The quantitative estimate of drug-likeness (QED) is 0.397. The highest BCUT2D eigenvalue weighted by atomic mass is 127. The number of halogens is 2. The number of rotatable bonds is 5. The Labute approximate surface area is 146 Å². The third-order valence-electron chi connectivity index (χ3n) is 2.66. The first-order valence-corrected chi connectivity index (χ1v) is 6.90. The average molecular weight is 420 g/mol. The van der Waals surface area contributed by atoms with Crippen molar-refractivity contribution < 1.29 is 0 Å². The molecule has 1 aromatic carbocycles. The van der Waals surface area contributed by atoms with Crippen LogP contribution in [0.3, 0.4) is 0 Å². The van der Waals surface area contributed by atoms with E-state index in [2.05, 4.69) is 25.8 Å². The third-order valence-corrected chi connectivity index (χ3v) is 2.89. The van der Waals surface area contributed by atoms with E-state index in [1.54, 1.807) is 6.20 Å². The van der Waals surface area contributed by atoms with Crippen molar-refractivity contribution in [2.24, 2.45) is 4.99 Å². The lowest BCUT2D eigenvalue weighted by molar-refractivity contribution is 0.794. The van der Waals surface area contributed by atoms with Gasteiger partial charge < -0.3 is 10.6 Å². The van der Waals surface area contributed by atoms with Gasteiger partial charge in [-0.25, -0.2) is 4.99 Å². The van der Waals surface area contributed by atoms with Crippen LogP contribution >= 0.6 is 35.6 Å². The molecule has 0 aliphatic carbocycles. The third kappa shape index (κ3) is 6.34. The topological polar surface area (TPSA) is 65.1 Å². The van der Waals surface area contributed by atoms with E-state index in [4.69, 9.17) is 11.6 Å². The Morgan fingerprint density at radius 1 is 1.33 bits per heavy atom. The van der Waals surface area contributed by atoms with Crippen LogP contribution in [0.1, 0.15) is 18.2 Å². The molecule has 0 saturated carbocycles. The zero-order valence-electron chi connectivity index (χ0n) is 11.8. The first-order chi connectivity index (χ1) is 9.78. The number of benzene rings is 1. The van der Waals surface area contributed by atoms with Crippen LogP contribution in [0.5, 0.6) is 0 Å². The lowest BCUT2D eigenvalue weighted by Crippen LogP contribution is -2.36. The summed E-state index contributed by atoms with van der Waals surface area (Å²) in [6.07, 6.45) is 1.73. The molecular formula is C14H19ClIN5. The molecule has 0 radical (unpaired) electrons. The number of hydrogen-bond acceptors (Lipinski definition) is 2. The first-order valence-electron chi connectivity index (χ1n) is 6.53. The van der Waals surface area contributed by atoms with Crippen molar-refractivity contribution in [2.75, 3.05) is 6.54 Å². The van der Waals surface area contributed by atoms with Crippen LogP contribution in [-0.2, 0) is 13.1 Å². The zero-order chi connectivity index (χ0) is 14.2. The van der Waals surface area contributed by atoms with Crippen LogP contribution in [0.15, 0.2) is 41.5 Å². The first kappa shape index (κ1) is 17.8. The van der Waals surface area contributed by atoms with Crippen LogP contribution in [-0.4, -0.2) is 22.7 Å². The van der Waals surface area contributed by atoms with Gasteiger partial charge in [0, 0.05) is 17.8 Å². The second-order valence-corrected chi connectivity index (χ2v) is 4.70. The lowest BCUT2D eigenvalue weighted by Gasteiger charge is -2.10. The number of hydrogen-bond donors (Lipinski definition) is 3. The summed E-state index contributed by atoms with van der Waals surface area (Å²) >= 11 is 5.96. The fourth-order valence-electron chi connectivity index (χ4n) is 1.71. The molecule has 114 valence electrons.